The second kappa shape index (κ2) is 8.62. The first-order chi connectivity index (χ1) is 13.1. The van der Waals surface area contributed by atoms with E-state index in [4.69, 9.17) is 4.74 Å². The largest absolute Gasteiger partial charge is 0.497 e. The van der Waals surface area contributed by atoms with Crippen LogP contribution in [0.25, 0.3) is 0 Å². The van der Waals surface area contributed by atoms with E-state index in [1.165, 1.54) is 0 Å². The van der Waals surface area contributed by atoms with Crippen molar-refractivity contribution in [1.82, 2.24) is 19.8 Å². The summed E-state index contributed by atoms with van der Waals surface area (Å²) in [7, 11) is 3.38. The summed E-state index contributed by atoms with van der Waals surface area (Å²) in [5.74, 6) is 0.672. The molecule has 27 heavy (non-hydrogen) atoms. The number of piperidine rings is 1. The minimum atomic E-state index is -0.199. The maximum atomic E-state index is 12.8. The molecule has 0 aliphatic carbocycles. The Balaban J connectivity index is 1.63. The van der Waals surface area contributed by atoms with E-state index in [1.54, 1.807) is 42.5 Å². The molecular weight excluding hydrogens is 344 g/mol. The Morgan fingerprint density at radius 1 is 1.37 bits per heavy atom. The van der Waals surface area contributed by atoms with Gasteiger partial charge in [-0.2, -0.15) is 0 Å². The maximum Gasteiger partial charge on any atom is 0.227 e. The third-order valence-corrected chi connectivity index (χ3v) is 4.75. The van der Waals surface area contributed by atoms with Crippen LogP contribution in [0.1, 0.15) is 24.1 Å². The predicted octanol–water partition coefficient (Wildman–Crippen LogP) is 1.88. The standard InChI is InChI=1S/C20H24N4O3/c1-23(14-17-11-21-8-9-22-17)20(26)16-6-7-19(25)24(13-16)12-15-4-3-5-18(10-15)27-2/h3-5,8-11,16H,6-7,12-14H2,1-2H3/t16-/m1/s1. The zero-order valence-corrected chi connectivity index (χ0v) is 15.7. The van der Waals surface area contributed by atoms with Gasteiger partial charge >= 0.3 is 0 Å². The highest BCUT2D eigenvalue weighted by molar-refractivity contribution is 5.83. The van der Waals surface area contributed by atoms with Gasteiger partial charge in [0.25, 0.3) is 0 Å². The molecule has 0 radical (unpaired) electrons. The summed E-state index contributed by atoms with van der Waals surface area (Å²) in [5, 5.41) is 0. The molecular formula is C20H24N4O3. The quantitative estimate of drug-likeness (QED) is 0.778. The zero-order chi connectivity index (χ0) is 19.2. The van der Waals surface area contributed by atoms with E-state index in [-0.39, 0.29) is 17.7 Å². The van der Waals surface area contributed by atoms with E-state index in [0.29, 0.717) is 32.5 Å². The molecule has 2 heterocycles. The lowest BCUT2D eigenvalue weighted by Crippen LogP contribution is -2.45. The average molecular weight is 368 g/mol. The molecule has 7 nitrogen and oxygen atoms in total. The smallest absolute Gasteiger partial charge is 0.227 e. The van der Waals surface area contributed by atoms with Crippen LogP contribution in [0.15, 0.2) is 42.9 Å². The molecule has 0 bridgehead atoms. The Labute approximate surface area is 159 Å². The summed E-state index contributed by atoms with van der Waals surface area (Å²) in [4.78, 5) is 36.8. The molecule has 1 aromatic carbocycles. The van der Waals surface area contributed by atoms with E-state index < -0.39 is 0 Å². The van der Waals surface area contributed by atoms with Crippen LogP contribution in [-0.4, -0.2) is 52.3 Å². The fourth-order valence-electron chi connectivity index (χ4n) is 3.30. The number of carbonyl (C=O) groups excluding carboxylic acids is 2. The van der Waals surface area contributed by atoms with Crippen molar-refractivity contribution >= 4 is 11.8 Å². The van der Waals surface area contributed by atoms with Crippen molar-refractivity contribution in [3.05, 3.63) is 54.1 Å². The summed E-state index contributed by atoms with van der Waals surface area (Å²) in [6.07, 6.45) is 5.84. The minimum absolute atomic E-state index is 0.0313. The van der Waals surface area contributed by atoms with Gasteiger partial charge in [0.1, 0.15) is 5.75 Å². The van der Waals surface area contributed by atoms with Gasteiger partial charge < -0.3 is 14.5 Å². The third kappa shape index (κ3) is 4.81. The number of benzene rings is 1. The van der Waals surface area contributed by atoms with Gasteiger partial charge in [-0.05, 0) is 24.1 Å². The number of ether oxygens (including phenoxy) is 1. The summed E-state index contributed by atoms with van der Waals surface area (Å²) in [5.41, 5.74) is 1.73. The molecule has 1 aromatic heterocycles. The molecule has 0 saturated carbocycles. The van der Waals surface area contributed by atoms with Crippen LogP contribution in [0.5, 0.6) is 5.75 Å². The van der Waals surface area contributed by atoms with E-state index in [9.17, 15) is 9.59 Å². The SMILES string of the molecule is COc1cccc(CN2C[C@H](C(=O)N(C)Cc3cnccn3)CCC2=O)c1. The van der Waals surface area contributed by atoms with Gasteiger partial charge in [-0.3, -0.25) is 19.6 Å². The average Bonchev–Trinajstić information content (AvgIpc) is 2.70. The fourth-order valence-corrected chi connectivity index (χ4v) is 3.30. The Kier molecular flexibility index (Phi) is 6.01. The predicted molar refractivity (Wildman–Crippen MR) is 99.6 cm³/mol. The highest BCUT2D eigenvalue weighted by atomic mass is 16.5. The van der Waals surface area contributed by atoms with Gasteiger partial charge in [0.05, 0.1) is 31.5 Å². The van der Waals surface area contributed by atoms with Gasteiger partial charge in [0.2, 0.25) is 11.8 Å². The number of likely N-dealkylation sites (tertiary alicyclic amines) is 1. The van der Waals surface area contributed by atoms with Crippen LogP contribution in [0.3, 0.4) is 0 Å². The monoisotopic (exact) mass is 368 g/mol. The zero-order valence-electron chi connectivity index (χ0n) is 15.7. The number of hydrogen-bond donors (Lipinski definition) is 0. The van der Waals surface area contributed by atoms with Gasteiger partial charge in [0, 0.05) is 39.0 Å². The second-order valence-electron chi connectivity index (χ2n) is 6.75. The first kappa shape index (κ1) is 18.8. The van der Waals surface area contributed by atoms with Crippen molar-refractivity contribution in [3.8, 4) is 5.75 Å². The molecule has 1 atom stereocenters. The number of carbonyl (C=O) groups is 2. The Morgan fingerprint density at radius 2 is 2.22 bits per heavy atom. The number of rotatable bonds is 6. The highest BCUT2D eigenvalue weighted by Gasteiger charge is 2.32. The van der Waals surface area contributed by atoms with Crippen molar-refractivity contribution in [2.45, 2.75) is 25.9 Å². The van der Waals surface area contributed by atoms with E-state index in [0.717, 1.165) is 17.0 Å². The van der Waals surface area contributed by atoms with Crippen molar-refractivity contribution in [1.29, 1.82) is 0 Å². The maximum absolute atomic E-state index is 12.8. The molecule has 0 unspecified atom stereocenters. The molecule has 7 heteroatoms. The number of amides is 2. The first-order valence-corrected chi connectivity index (χ1v) is 8.97. The second-order valence-corrected chi connectivity index (χ2v) is 6.75. The van der Waals surface area contributed by atoms with Crippen LogP contribution in [0.4, 0.5) is 0 Å². The topological polar surface area (TPSA) is 75.6 Å². The van der Waals surface area contributed by atoms with Crippen LogP contribution in [0.2, 0.25) is 0 Å². The molecule has 0 spiro atoms. The van der Waals surface area contributed by atoms with Gasteiger partial charge in [0.15, 0.2) is 0 Å². The Morgan fingerprint density at radius 3 is 2.96 bits per heavy atom. The van der Waals surface area contributed by atoms with E-state index in [1.807, 2.05) is 24.3 Å². The lowest BCUT2D eigenvalue weighted by molar-refractivity contribution is -0.143. The van der Waals surface area contributed by atoms with Crippen LogP contribution >= 0.6 is 0 Å². The molecule has 1 aliphatic heterocycles. The molecule has 0 N–H and O–H groups in total. The molecule has 1 aliphatic rings. The van der Waals surface area contributed by atoms with E-state index in [2.05, 4.69) is 9.97 Å². The lowest BCUT2D eigenvalue weighted by Gasteiger charge is -2.34. The fraction of sp³-hybridized carbons (Fsp3) is 0.400. The summed E-state index contributed by atoms with van der Waals surface area (Å²) in [6, 6.07) is 7.65. The molecule has 1 fully saturated rings. The lowest BCUT2D eigenvalue weighted by atomic mass is 9.95. The minimum Gasteiger partial charge on any atom is -0.497 e. The number of nitrogens with zero attached hydrogens (tertiary/aromatic N) is 4. The molecule has 2 aromatic rings. The third-order valence-electron chi connectivity index (χ3n) is 4.75. The number of aromatic nitrogens is 2. The summed E-state index contributed by atoms with van der Waals surface area (Å²) >= 11 is 0. The van der Waals surface area contributed by atoms with Crippen molar-refractivity contribution < 1.29 is 14.3 Å². The molecule has 2 amide bonds. The van der Waals surface area contributed by atoms with Crippen molar-refractivity contribution in [2.24, 2.45) is 5.92 Å². The van der Waals surface area contributed by atoms with Crippen molar-refractivity contribution in [3.63, 3.8) is 0 Å². The van der Waals surface area contributed by atoms with Crippen LogP contribution in [0, 0.1) is 5.92 Å². The number of methoxy groups -OCH3 is 1. The van der Waals surface area contributed by atoms with Crippen molar-refractivity contribution in [2.75, 3.05) is 20.7 Å². The molecule has 1 saturated heterocycles. The first-order valence-electron chi connectivity index (χ1n) is 8.97. The van der Waals surface area contributed by atoms with Gasteiger partial charge in [-0.1, -0.05) is 12.1 Å². The normalized spacial score (nSPS) is 16.9. The van der Waals surface area contributed by atoms with Gasteiger partial charge in [-0.15, -0.1) is 0 Å². The Bertz CT molecular complexity index is 797. The summed E-state index contributed by atoms with van der Waals surface area (Å²) < 4.78 is 5.24. The van der Waals surface area contributed by atoms with Crippen LogP contribution < -0.4 is 4.74 Å². The van der Waals surface area contributed by atoms with Gasteiger partial charge in [-0.25, -0.2) is 0 Å². The van der Waals surface area contributed by atoms with E-state index >= 15 is 0 Å². The molecule has 142 valence electrons. The molecule has 3 rings (SSSR count). The van der Waals surface area contributed by atoms with Crippen LogP contribution in [-0.2, 0) is 22.7 Å². The summed E-state index contributed by atoms with van der Waals surface area (Å²) in [6.45, 7) is 1.32. The Hall–Kier alpha value is -2.96. The highest BCUT2D eigenvalue weighted by Crippen LogP contribution is 2.23. The number of hydrogen-bond acceptors (Lipinski definition) is 5.